The number of nitrogens with one attached hydrogen (secondary N) is 1. The number of hydrogen-bond acceptors (Lipinski definition) is 3. The van der Waals surface area contributed by atoms with E-state index in [9.17, 15) is 4.79 Å². The van der Waals surface area contributed by atoms with Crippen molar-refractivity contribution >= 4 is 28.5 Å². The number of benzene rings is 1. The number of pyridine rings is 1. The molecule has 2 aromatic heterocycles. The van der Waals surface area contributed by atoms with E-state index in [0.717, 1.165) is 34.1 Å². The summed E-state index contributed by atoms with van der Waals surface area (Å²) in [5, 5.41) is 8.66. The van der Waals surface area contributed by atoms with E-state index in [1.807, 2.05) is 42.4 Å². The van der Waals surface area contributed by atoms with Gasteiger partial charge in [0.05, 0.1) is 12.6 Å². The van der Waals surface area contributed by atoms with Crippen LogP contribution in [0.5, 0.6) is 0 Å². The van der Waals surface area contributed by atoms with Crippen LogP contribution in [0.2, 0.25) is 5.02 Å². The third-order valence-electron chi connectivity index (χ3n) is 4.58. The summed E-state index contributed by atoms with van der Waals surface area (Å²) in [5.74, 6) is 0.0960. The van der Waals surface area contributed by atoms with Gasteiger partial charge in [0, 0.05) is 29.7 Å². The van der Waals surface area contributed by atoms with Crippen molar-refractivity contribution in [2.24, 2.45) is 0 Å². The highest BCUT2D eigenvalue weighted by molar-refractivity contribution is 6.31. The molecule has 1 aliphatic heterocycles. The summed E-state index contributed by atoms with van der Waals surface area (Å²) in [6, 6.07) is 5.82. The number of H-pyrrole nitrogens is 1. The number of carbonyl (C=O) groups is 1. The number of carbonyl (C=O) groups excluding carboxylic acids is 1. The quantitative estimate of drug-likeness (QED) is 0.780. The highest BCUT2D eigenvalue weighted by atomic mass is 35.5. The van der Waals surface area contributed by atoms with Crippen LogP contribution < -0.4 is 0 Å². The van der Waals surface area contributed by atoms with Crippen molar-refractivity contribution in [3.05, 3.63) is 57.9 Å². The van der Waals surface area contributed by atoms with Gasteiger partial charge in [-0.15, -0.1) is 0 Å². The SMILES string of the molecule is Cc1ccc(CC(=O)N2CCc3c(cnc4[nH]ncc34)C2)c(Cl)c1. The zero-order valence-corrected chi connectivity index (χ0v) is 14.1. The second kappa shape index (κ2) is 5.91. The Hall–Kier alpha value is -2.40. The minimum atomic E-state index is 0.0960. The Morgan fingerprint density at radius 3 is 3.08 bits per heavy atom. The fourth-order valence-corrected chi connectivity index (χ4v) is 3.54. The smallest absolute Gasteiger partial charge is 0.227 e. The van der Waals surface area contributed by atoms with Crippen molar-refractivity contribution in [3.8, 4) is 0 Å². The Morgan fingerprint density at radius 2 is 2.25 bits per heavy atom. The number of hydrogen-bond donors (Lipinski definition) is 1. The molecule has 1 N–H and O–H groups in total. The Kier molecular flexibility index (Phi) is 3.73. The third kappa shape index (κ3) is 2.65. The number of aromatic amines is 1. The van der Waals surface area contributed by atoms with Gasteiger partial charge in [-0.3, -0.25) is 9.89 Å². The number of nitrogens with zero attached hydrogens (tertiary/aromatic N) is 3. The molecule has 0 fully saturated rings. The maximum absolute atomic E-state index is 12.7. The Balaban J connectivity index is 1.54. The molecular weight excluding hydrogens is 324 g/mol. The summed E-state index contributed by atoms with van der Waals surface area (Å²) in [7, 11) is 0. The molecule has 0 saturated heterocycles. The molecule has 0 radical (unpaired) electrons. The van der Waals surface area contributed by atoms with Gasteiger partial charge in [-0.2, -0.15) is 5.10 Å². The largest absolute Gasteiger partial charge is 0.338 e. The fraction of sp³-hybridized carbons (Fsp3) is 0.278. The van der Waals surface area contributed by atoms with Gasteiger partial charge < -0.3 is 4.90 Å². The zero-order valence-electron chi connectivity index (χ0n) is 13.3. The highest BCUT2D eigenvalue weighted by Gasteiger charge is 2.23. The van der Waals surface area contributed by atoms with Crippen molar-refractivity contribution < 1.29 is 4.79 Å². The average Bonchev–Trinajstić information content (AvgIpc) is 3.06. The standard InChI is InChI=1S/C18H17ClN4O/c1-11-2-3-12(16(19)6-11)7-17(24)23-5-4-14-13(10-23)8-20-18-15(14)9-21-22-18/h2-3,6,8-9H,4-5,7,10H2,1H3,(H,20,21,22). The molecule has 122 valence electrons. The second-order valence-corrected chi connectivity index (χ2v) is 6.64. The normalized spacial score (nSPS) is 14.0. The maximum atomic E-state index is 12.7. The zero-order chi connectivity index (χ0) is 16.7. The predicted octanol–water partition coefficient (Wildman–Crippen LogP) is 3.05. The van der Waals surface area contributed by atoms with Gasteiger partial charge in [0.2, 0.25) is 5.91 Å². The Labute approximate surface area is 144 Å². The molecule has 1 aromatic carbocycles. The molecule has 0 spiro atoms. The van der Waals surface area contributed by atoms with E-state index in [1.54, 1.807) is 0 Å². The van der Waals surface area contributed by atoms with Crippen molar-refractivity contribution in [2.45, 2.75) is 26.3 Å². The number of halogens is 1. The summed E-state index contributed by atoms with van der Waals surface area (Å²) < 4.78 is 0. The van der Waals surface area contributed by atoms with Gasteiger partial charge in [0.25, 0.3) is 0 Å². The van der Waals surface area contributed by atoms with E-state index in [4.69, 9.17) is 11.6 Å². The maximum Gasteiger partial charge on any atom is 0.227 e. The molecule has 0 unspecified atom stereocenters. The summed E-state index contributed by atoms with van der Waals surface area (Å²) in [5.41, 5.74) is 5.12. The van der Waals surface area contributed by atoms with Crippen LogP contribution in [0.4, 0.5) is 0 Å². The lowest BCUT2D eigenvalue weighted by atomic mass is 9.98. The third-order valence-corrected chi connectivity index (χ3v) is 4.93. The molecule has 4 rings (SSSR count). The Bertz CT molecular complexity index is 934. The first-order valence-corrected chi connectivity index (χ1v) is 8.32. The van der Waals surface area contributed by atoms with Gasteiger partial charge in [-0.25, -0.2) is 4.98 Å². The minimum absolute atomic E-state index is 0.0960. The van der Waals surface area contributed by atoms with Gasteiger partial charge in [-0.05, 0) is 41.7 Å². The topological polar surface area (TPSA) is 61.9 Å². The van der Waals surface area contributed by atoms with Crippen LogP contribution in [0.1, 0.15) is 22.3 Å². The van der Waals surface area contributed by atoms with Gasteiger partial charge in [0.15, 0.2) is 5.65 Å². The number of aryl methyl sites for hydroxylation is 1. The lowest BCUT2D eigenvalue weighted by Crippen LogP contribution is -2.37. The molecule has 1 aliphatic rings. The molecule has 0 saturated carbocycles. The summed E-state index contributed by atoms with van der Waals surface area (Å²) >= 11 is 6.26. The molecule has 24 heavy (non-hydrogen) atoms. The van der Waals surface area contributed by atoms with Gasteiger partial charge in [-0.1, -0.05) is 23.7 Å². The van der Waals surface area contributed by atoms with E-state index in [1.165, 1.54) is 5.56 Å². The first-order chi connectivity index (χ1) is 11.6. The van der Waals surface area contributed by atoms with Crippen LogP contribution in [-0.4, -0.2) is 32.5 Å². The van der Waals surface area contributed by atoms with E-state index in [-0.39, 0.29) is 5.91 Å². The lowest BCUT2D eigenvalue weighted by Gasteiger charge is -2.29. The fourth-order valence-electron chi connectivity index (χ4n) is 3.24. The molecule has 1 amide bonds. The molecule has 0 aliphatic carbocycles. The van der Waals surface area contributed by atoms with Crippen LogP contribution in [0.3, 0.4) is 0 Å². The van der Waals surface area contributed by atoms with Gasteiger partial charge >= 0.3 is 0 Å². The number of aromatic nitrogens is 3. The van der Waals surface area contributed by atoms with E-state index in [0.29, 0.717) is 24.5 Å². The summed E-state index contributed by atoms with van der Waals surface area (Å²) in [4.78, 5) is 18.9. The molecule has 0 bridgehead atoms. The van der Waals surface area contributed by atoms with Crippen LogP contribution in [-0.2, 0) is 24.2 Å². The lowest BCUT2D eigenvalue weighted by molar-refractivity contribution is -0.131. The highest BCUT2D eigenvalue weighted by Crippen LogP contribution is 2.26. The second-order valence-electron chi connectivity index (χ2n) is 6.23. The summed E-state index contributed by atoms with van der Waals surface area (Å²) in [6.07, 6.45) is 4.80. The minimum Gasteiger partial charge on any atom is -0.338 e. The van der Waals surface area contributed by atoms with Crippen molar-refractivity contribution in [1.82, 2.24) is 20.1 Å². The molecule has 3 heterocycles. The van der Waals surface area contributed by atoms with Gasteiger partial charge in [0.1, 0.15) is 0 Å². The van der Waals surface area contributed by atoms with Crippen LogP contribution >= 0.6 is 11.6 Å². The molecule has 5 nitrogen and oxygen atoms in total. The number of fused-ring (bicyclic) bond motifs is 3. The number of amides is 1. The van der Waals surface area contributed by atoms with Crippen LogP contribution in [0, 0.1) is 6.92 Å². The monoisotopic (exact) mass is 340 g/mol. The van der Waals surface area contributed by atoms with Crippen LogP contribution in [0.15, 0.2) is 30.6 Å². The van der Waals surface area contributed by atoms with Crippen molar-refractivity contribution in [2.75, 3.05) is 6.54 Å². The number of rotatable bonds is 2. The molecular formula is C18H17ClN4O. The van der Waals surface area contributed by atoms with E-state index >= 15 is 0 Å². The van der Waals surface area contributed by atoms with E-state index in [2.05, 4.69) is 15.2 Å². The summed E-state index contributed by atoms with van der Waals surface area (Å²) in [6.45, 7) is 3.29. The van der Waals surface area contributed by atoms with Crippen molar-refractivity contribution in [1.29, 1.82) is 0 Å². The Morgan fingerprint density at radius 1 is 1.38 bits per heavy atom. The van der Waals surface area contributed by atoms with E-state index < -0.39 is 0 Å². The molecule has 6 heteroatoms. The molecule has 3 aromatic rings. The predicted molar refractivity (Wildman–Crippen MR) is 92.9 cm³/mol. The van der Waals surface area contributed by atoms with Crippen LogP contribution in [0.25, 0.3) is 11.0 Å². The average molecular weight is 341 g/mol. The first kappa shape index (κ1) is 15.1. The molecule has 0 atom stereocenters. The van der Waals surface area contributed by atoms with Crippen molar-refractivity contribution in [3.63, 3.8) is 0 Å². The first-order valence-electron chi connectivity index (χ1n) is 7.94.